The first-order chi connectivity index (χ1) is 10.1. The van der Waals surface area contributed by atoms with Gasteiger partial charge < -0.3 is 10.2 Å². The first-order valence-corrected chi connectivity index (χ1v) is 8.67. The van der Waals surface area contributed by atoms with Crippen molar-refractivity contribution in [3.63, 3.8) is 0 Å². The second-order valence-electron chi connectivity index (χ2n) is 5.86. The third-order valence-electron chi connectivity index (χ3n) is 4.41. The summed E-state index contributed by atoms with van der Waals surface area (Å²) in [6, 6.07) is 2.16. The number of halogens is 2. The number of piperidine rings is 1. The highest BCUT2D eigenvalue weighted by atomic mass is 79.9. The average molecular weight is 373 g/mol. The van der Waals surface area contributed by atoms with Crippen molar-refractivity contribution in [1.82, 2.24) is 10.3 Å². The molecule has 1 aromatic rings. The smallest absolute Gasteiger partial charge is 0.223 e. The number of aromatic nitrogens is 1. The number of hydrogen-bond donors (Lipinski definition) is 1. The zero-order valence-corrected chi connectivity index (χ0v) is 14.2. The van der Waals surface area contributed by atoms with Gasteiger partial charge in [0.05, 0.1) is 5.02 Å². The molecule has 6 heteroatoms. The maximum Gasteiger partial charge on any atom is 0.223 e. The first-order valence-electron chi connectivity index (χ1n) is 7.50. The van der Waals surface area contributed by atoms with E-state index in [1.165, 1.54) is 6.42 Å². The van der Waals surface area contributed by atoms with Crippen molar-refractivity contribution in [3.8, 4) is 0 Å². The lowest BCUT2D eigenvalue weighted by atomic mass is 9.84. The molecule has 4 nitrogen and oxygen atoms in total. The average Bonchev–Trinajstić information content (AvgIpc) is 2.38. The van der Waals surface area contributed by atoms with E-state index in [1.807, 2.05) is 6.07 Å². The summed E-state index contributed by atoms with van der Waals surface area (Å²) in [5.74, 6) is 1.36. The van der Waals surface area contributed by atoms with E-state index in [1.54, 1.807) is 6.20 Å². The van der Waals surface area contributed by atoms with E-state index in [0.717, 1.165) is 49.1 Å². The van der Waals surface area contributed by atoms with E-state index in [4.69, 9.17) is 11.6 Å². The monoisotopic (exact) mass is 371 g/mol. The minimum atomic E-state index is 0.250. The Hall–Kier alpha value is -0.810. The Bertz CT molecular complexity index is 528. The van der Waals surface area contributed by atoms with E-state index in [-0.39, 0.29) is 11.8 Å². The lowest BCUT2D eigenvalue weighted by Gasteiger charge is -2.35. The predicted octanol–water partition coefficient (Wildman–Crippen LogP) is 3.38. The third kappa shape index (κ3) is 3.51. The molecule has 2 heterocycles. The molecule has 1 saturated heterocycles. The van der Waals surface area contributed by atoms with Gasteiger partial charge in [-0.1, -0.05) is 18.0 Å². The largest absolute Gasteiger partial charge is 0.355 e. The summed E-state index contributed by atoms with van der Waals surface area (Å²) in [6.07, 6.45) is 6.99. The standard InChI is InChI=1S/C15H19BrClN3O/c16-11-8-13(17)14(18-9-11)20-6-4-12(5-7-20)19-15(21)10-2-1-3-10/h8-10,12H,1-7H2,(H,19,21). The Morgan fingerprint density at radius 1 is 1.33 bits per heavy atom. The highest BCUT2D eigenvalue weighted by Gasteiger charge is 2.28. The highest BCUT2D eigenvalue weighted by molar-refractivity contribution is 9.10. The summed E-state index contributed by atoms with van der Waals surface area (Å²) in [5, 5.41) is 3.86. The number of amides is 1. The van der Waals surface area contributed by atoms with Crippen LogP contribution in [0.15, 0.2) is 16.7 Å². The van der Waals surface area contributed by atoms with Crippen molar-refractivity contribution in [1.29, 1.82) is 0 Å². The molecule has 0 spiro atoms. The molecule has 3 rings (SSSR count). The molecule has 0 aromatic carbocycles. The summed E-state index contributed by atoms with van der Waals surface area (Å²) in [5.41, 5.74) is 0. The Labute approximate surface area is 138 Å². The van der Waals surface area contributed by atoms with E-state index < -0.39 is 0 Å². The summed E-state index contributed by atoms with van der Waals surface area (Å²) in [4.78, 5) is 18.6. The molecule has 114 valence electrons. The number of nitrogens with one attached hydrogen (secondary N) is 1. The van der Waals surface area contributed by atoms with Gasteiger partial charge in [0.1, 0.15) is 5.82 Å². The fraction of sp³-hybridized carbons (Fsp3) is 0.600. The van der Waals surface area contributed by atoms with Crippen molar-refractivity contribution in [2.75, 3.05) is 18.0 Å². The Morgan fingerprint density at radius 3 is 2.62 bits per heavy atom. The molecule has 2 aliphatic rings. The molecule has 1 saturated carbocycles. The molecule has 1 aliphatic carbocycles. The molecule has 0 radical (unpaired) electrons. The normalized spacial score (nSPS) is 20.2. The molecule has 21 heavy (non-hydrogen) atoms. The lowest BCUT2D eigenvalue weighted by Crippen LogP contribution is -2.47. The number of hydrogen-bond acceptors (Lipinski definition) is 3. The zero-order valence-electron chi connectivity index (χ0n) is 11.8. The van der Waals surface area contributed by atoms with Crippen molar-refractivity contribution < 1.29 is 4.79 Å². The fourth-order valence-electron chi connectivity index (χ4n) is 2.87. The second-order valence-corrected chi connectivity index (χ2v) is 7.18. The molecule has 1 aliphatic heterocycles. The minimum Gasteiger partial charge on any atom is -0.355 e. The molecular weight excluding hydrogens is 354 g/mol. The predicted molar refractivity (Wildman–Crippen MR) is 87.7 cm³/mol. The molecule has 2 fully saturated rings. The highest BCUT2D eigenvalue weighted by Crippen LogP contribution is 2.29. The maximum atomic E-state index is 12.0. The summed E-state index contributed by atoms with van der Waals surface area (Å²) in [7, 11) is 0. The number of pyridine rings is 1. The fourth-order valence-corrected chi connectivity index (χ4v) is 3.61. The van der Waals surface area contributed by atoms with Gasteiger partial charge in [-0.2, -0.15) is 0 Å². The van der Waals surface area contributed by atoms with Crippen LogP contribution in [0.1, 0.15) is 32.1 Å². The molecule has 1 N–H and O–H groups in total. The van der Waals surface area contributed by atoms with Crippen LogP contribution >= 0.6 is 27.5 Å². The number of nitrogens with zero attached hydrogens (tertiary/aromatic N) is 2. The van der Waals surface area contributed by atoms with Gasteiger partial charge in [-0.3, -0.25) is 4.79 Å². The molecule has 1 aromatic heterocycles. The Morgan fingerprint density at radius 2 is 2.05 bits per heavy atom. The minimum absolute atomic E-state index is 0.250. The third-order valence-corrected chi connectivity index (χ3v) is 5.12. The van der Waals surface area contributed by atoms with Gasteiger partial charge in [0, 0.05) is 35.7 Å². The van der Waals surface area contributed by atoms with Crippen molar-refractivity contribution in [3.05, 3.63) is 21.8 Å². The van der Waals surface area contributed by atoms with Gasteiger partial charge in [0.25, 0.3) is 0 Å². The number of rotatable bonds is 3. The van der Waals surface area contributed by atoms with E-state index in [9.17, 15) is 4.79 Å². The van der Waals surface area contributed by atoms with Crippen LogP contribution in [-0.2, 0) is 4.79 Å². The van der Waals surface area contributed by atoms with Crippen LogP contribution in [0.3, 0.4) is 0 Å². The SMILES string of the molecule is O=C(NC1CCN(c2ncc(Br)cc2Cl)CC1)C1CCC1. The van der Waals surface area contributed by atoms with Crippen LogP contribution in [0.2, 0.25) is 5.02 Å². The van der Waals surface area contributed by atoms with Crippen LogP contribution in [0.4, 0.5) is 5.82 Å². The molecule has 0 atom stereocenters. The van der Waals surface area contributed by atoms with Crippen molar-refractivity contribution >= 4 is 39.3 Å². The molecular formula is C15H19BrClN3O. The summed E-state index contributed by atoms with van der Waals surface area (Å²) >= 11 is 9.62. The van der Waals surface area contributed by atoms with Gasteiger partial charge in [0.15, 0.2) is 0 Å². The van der Waals surface area contributed by atoms with Crippen LogP contribution in [0.5, 0.6) is 0 Å². The van der Waals surface area contributed by atoms with Crippen LogP contribution in [-0.4, -0.2) is 30.0 Å². The van der Waals surface area contributed by atoms with Crippen LogP contribution < -0.4 is 10.2 Å². The maximum absolute atomic E-state index is 12.0. The van der Waals surface area contributed by atoms with E-state index in [2.05, 4.69) is 31.1 Å². The van der Waals surface area contributed by atoms with Gasteiger partial charge in [-0.15, -0.1) is 0 Å². The number of carbonyl (C=O) groups is 1. The second kappa shape index (κ2) is 6.53. The van der Waals surface area contributed by atoms with E-state index >= 15 is 0 Å². The molecule has 0 bridgehead atoms. The first kappa shape index (κ1) is 15.1. The van der Waals surface area contributed by atoms with Gasteiger partial charge in [-0.05, 0) is 47.7 Å². The van der Waals surface area contributed by atoms with E-state index in [0.29, 0.717) is 11.1 Å². The van der Waals surface area contributed by atoms with Gasteiger partial charge in [-0.25, -0.2) is 4.98 Å². The van der Waals surface area contributed by atoms with Crippen LogP contribution in [0, 0.1) is 5.92 Å². The van der Waals surface area contributed by atoms with Crippen molar-refractivity contribution in [2.45, 2.75) is 38.1 Å². The Kier molecular flexibility index (Phi) is 4.69. The Balaban J connectivity index is 1.53. The zero-order chi connectivity index (χ0) is 14.8. The molecule has 1 amide bonds. The van der Waals surface area contributed by atoms with Crippen LogP contribution in [0.25, 0.3) is 0 Å². The van der Waals surface area contributed by atoms with Crippen molar-refractivity contribution in [2.24, 2.45) is 5.92 Å². The van der Waals surface area contributed by atoms with Gasteiger partial charge in [0.2, 0.25) is 5.91 Å². The molecule has 0 unspecified atom stereocenters. The quantitative estimate of drug-likeness (QED) is 0.884. The summed E-state index contributed by atoms with van der Waals surface area (Å²) in [6.45, 7) is 1.76. The number of carbonyl (C=O) groups excluding carboxylic acids is 1. The number of anilines is 1. The van der Waals surface area contributed by atoms with Gasteiger partial charge >= 0.3 is 0 Å². The lowest BCUT2D eigenvalue weighted by molar-refractivity contribution is -0.128. The topological polar surface area (TPSA) is 45.2 Å². The summed E-state index contributed by atoms with van der Waals surface area (Å²) < 4.78 is 0.888.